The second-order valence-corrected chi connectivity index (χ2v) is 6.98. The van der Waals surface area contributed by atoms with Crippen LogP contribution < -0.4 is 20.1 Å². The molecule has 1 aromatic heterocycles. The van der Waals surface area contributed by atoms with Gasteiger partial charge in [0.1, 0.15) is 6.10 Å². The maximum absolute atomic E-state index is 14.4. The van der Waals surface area contributed by atoms with Gasteiger partial charge in [-0.1, -0.05) is 0 Å². The van der Waals surface area contributed by atoms with E-state index in [0.717, 1.165) is 19.4 Å². The Labute approximate surface area is 168 Å². The van der Waals surface area contributed by atoms with Crippen molar-refractivity contribution in [1.82, 2.24) is 15.6 Å². The summed E-state index contributed by atoms with van der Waals surface area (Å²) in [6.45, 7) is 0.872. The molecule has 1 saturated heterocycles. The van der Waals surface area contributed by atoms with Crippen molar-refractivity contribution in [2.75, 3.05) is 13.7 Å². The van der Waals surface area contributed by atoms with Gasteiger partial charge in [-0.25, -0.2) is 13.2 Å². The molecule has 28 heavy (non-hydrogen) atoms. The monoisotopic (exact) mass is 423 g/mol. The number of hydrogen-bond donors (Lipinski definition) is 2. The highest BCUT2D eigenvalue weighted by Crippen LogP contribution is 2.35. The number of alkyl halides is 2. The van der Waals surface area contributed by atoms with Gasteiger partial charge in [0, 0.05) is 24.9 Å². The molecule has 0 spiro atoms. The van der Waals surface area contributed by atoms with Crippen molar-refractivity contribution in [2.24, 2.45) is 0 Å². The van der Waals surface area contributed by atoms with Crippen LogP contribution in [0, 0.1) is 5.82 Å². The highest BCUT2D eigenvalue weighted by atomic mass is 35.5. The van der Waals surface area contributed by atoms with Crippen LogP contribution in [0.2, 0.25) is 0 Å². The maximum Gasteiger partial charge on any atom is 0.254 e. The number of methoxy groups -OCH3 is 1. The Balaban J connectivity index is 0.00000280. The third-order valence-electron chi connectivity index (χ3n) is 4.95. The fourth-order valence-corrected chi connectivity index (χ4v) is 3.38. The van der Waals surface area contributed by atoms with Crippen LogP contribution in [0.25, 0.3) is 0 Å². The van der Waals surface area contributed by atoms with Gasteiger partial charge in [0.25, 0.3) is 5.88 Å². The molecule has 6 nitrogen and oxygen atoms in total. The lowest BCUT2D eigenvalue weighted by Gasteiger charge is -2.28. The molecule has 1 amide bonds. The molecule has 0 bridgehead atoms. The van der Waals surface area contributed by atoms with Gasteiger partial charge < -0.3 is 20.1 Å². The zero-order valence-corrected chi connectivity index (χ0v) is 16.4. The van der Waals surface area contributed by atoms with Gasteiger partial charge in [-0.3, -0.25) is 4.79 Å². The summed E-state index contributed by atoms with van der Waals surface area (Å²) in [5.41, 5.74) is 0.379. The molecule has 3 rings (SSSR count). The number of nitrogens with one attached hydrogen (secondary N) is 2. The Morgan fingerprint density at radius 3 is 2.64 bits per heavy atom. The number of nitrogens with zero attached hydrogens (tertiary/aromatic N) is 1. The molecular formula is C18H25ClF3N3O3. The average Bonchev–Trinajstić information content (AvgIpc) is 3.18. The minimum Gasteiger partial charge on any atom is -0.481 e. The van der Waals surface area contributed by atoms with Crippen LogP contribution in [-0.4, -0.2) is 42.6 Å². The van der Waals surface area contributed by atoms with E-state index in [1.54, 1.807) is 0 Å². The highest BCUT2D eigenvalue weighted by molar-refractivity contribution is 5.85. The molecule has 1 aliphatic carbocycles. The standard InChI is InChI=1S/C18H24F3N3O3.ClH/c1-26-16-11(10-23-15(25)14-3-2-8-22-14)9-13(19)17(24-16)27-12-4-6-18(20,21)7-5-12;/h9,12,14,22H,2-8,10H2,1H3,(H,23,25);1H. The van der Waals surface area contributed by atoms with Gasteiger partial charge in [0.05, 0.1) is 13.2 Å². The molecular weight excluding hydrogens is 399 g/mol. The molecule has 2 N–H and O–H groups in total. The highest BCUT2D eigenvalue weighted by Gasteiger charge is 2.36. The molecule has 2 aliphatic rings. The molecule has 1 atom stereocenters. The number of ether oxygens (including phenoxy) is 2. The number of halogens is 4. The topological polar surface area (TPSA) is 72.5 Å². The molecule has 10 heteroatoms. The second kappa shape index (κ2) is 9.65. The summed E-state index contributed by atoms with van der Waals surface area (Å²) < 4.78 is 51.5. The molecule has 1 aliphatic heterocycles. The zero-order chi connectivity index (χ0) is 19.4. The van der Waals surface area contributed by atoms with Crippen molar-refractivity contribution >= 4 is 18.3 Å². The quantitative estimate of drug-likeness (QED) is 0.736. The van der Waals surface area contributed by atoms with Crippen LogP contribution in [0.1, 0.15) is 44.1 Å². The first-order valence-corrected chi connectivity index (χ1v) is 9.17. The number of amides is 1. The third-order valence-corrected chi connectivity index (χ3v) is 4.95. The Hall–Kier alpha value is -1.74. The second-order valence-electron chi connectivity index (χ2n) is 6.98. The van der Waals surface area contributed by atoms with E-state index in [1.807, 2.05) is 0 Å². The van der Waals surface area contributed by atoms with Crippen LogP contribution >= 0.6 is 12.4 Å². The van der Waals surface area contributed by atoms with Gasteiger partial charge >= 0.3 is 0 Å². The van der Waals surface area contributed by atoms with Gasteiger partial charge in [-0.15, -0.1) is 12.4 Å². The van der Waals surface area contributed by atoms with Crippen molar-refractivity contribution in [3.8, 4) is 11.8 Å². The van der Waals surface area contributed by atoms with Crippen molar-refractivity contribution in [3.05, 3.63) is 17.4 Å². The van der Waals surface area contributed by atoms with E-state index in [1.165, 1.54) is 13.2 Å². The Bertz CT molecular complexity index is 678. The normalized spacial score (nSPS) is 21.6. The van der Waals surface area contributed by atoms with Crippen molar-refractivity contribution in [3.63, 3.8) is 0 Å². The van der Waals surface area contributed by atoms with Gasteiger partial charge in [0.15, 0.2) is 5.82 Å². The smallest absolute Gasteiger partial charge is 0.254 e. The lowest BCUT2D eigenvalue weighted by Crippen LogP contribution is -2.40. The first-order valence-electron chi connectivity index (χ1n) is 9.17. The summed E-state index contributed by atoms with van der Waals surface area (Å²) in [4.78, 5) is 16.1. The number of pyridine rings is 1. The molecule has 0 aromatic carbocycles. The summed E-state index contributed by atoms with van der Waals surface area (Å²) in [5.74, 6) is -3.68. The number of carbonyl (C=O) groups is 1. The molecule has 1 saturated carbocycles. The van der Waals surface area contributed by atoms with Crippen LogP contribution in [0.5, 0.6) is 11.8 Å². The summed E-state index contributed by atoms with van der Waals surface area (Å²) in [6.07, 6.45) is 0.923. The Morgan fingerprint density at radius 1 is 1.32 bits per heavy atom. The number of carbonyl (C=O) groups excluding carboxylic acids is 1. The van der Waals surface area contributed by atoms with E-state index in [9.17, 15) is 18.0 Å². The van der Waals surface area contributed by atoms with Gasteiger partial charge in [0.2, 0.25) is 17.7 Å². The first kappa shape index (κ1) is 22.5. The number of hydrogen-bond acceptors (Lipinski definition) is 5. The van der Waals surface area contributed by atoms with Crippen LogP contribution in [0.3, 0.4) is 0 Å². The molecule has 2 fully saturated rings. The minimum absolute atomic E-state index is 0. The summed E-state index contributed by atoms with van der Waals surface area (Å²) in [7, 11) is 1.38. The molecule has 0 radical (unpaired) electrons. The summed E-state index contributed by atoms with van der Waals surface area (Å²) in [5, 5.41) is 5.83. The fourth-order valence-electron chi connectivity index (χ4n) is 3.38. The summed E-state index contributed by atoms with van der Waals surface area (Å²) >= 11 is 0. The predicted octanol–water partition coefficient (Wildman–Crippen LogP) is 2.98. The fraction of sp³-hybridized carbons (Fsp3) is 0.667. The first-order chi connectivity index (χ1) is 12.9. The van der Waals surface area contributed by atoms with Crippen molar-refractivity contribution in [2.45, 2.75) is 63.1 Å². The van der Waals surface area contributed by atoms with Gasteiger partial charge in [-0.05, 0) is 38.3 Å². The third kappa shape index (κ3) is 5.64. The number of aromatic nitrogens is 1. The SMILES string of the molecule is COc1nc(OC2CCC(F)(F)CC2)c(F)cc1CNC(=O)C1CCCN1.Cl. The van der Waals surface area contributed by atoms with Gasteiger partial charge in [-0.2, -0.15) is 4.98 Å². The Morgan fingerprint density at radius 2 is 2.04 bits per heavy atom. The van der Waals surface area contributed by atoms with E-state index in [2.05, 4.69) is 15.6 Å². The zero-order valence-electron chi connectivity index (χ0n) is 15.6. The van der Waals surface area contributed by atoms with E-state index in [4.69, 9.17) is 9.47 Å². The van der Waals surface area contributed by atoms with Crippen LogP contribution in [0.4, 0.5) is 13.2 Å². The molecule has 158 valence electrons. The van der Waals surface area contributed by atoms with E-state index in [-0.39, 0.29) is 68.3 Å². The minimum atomic E-state index is -2.68. The van der Waals surface area contributed by atoms with E-state index in [0.29, 0.717) is 5.56 Å². The van der Waals surface area contributed by atoms with Crippen LogP contribution in [0.15, 0.2) is 6.07 Å². The molecule has 1 aromatic rings. The summed E-state index contributed by atoms with van der Waals surface area (Å²) in [6, 6.07) is 0.960. The number of rotatable bonds is 6. The van der Waals surface area contributed by atoms with Crippen molar-refractivity contribution < 1.29 is 27.4 Å². The van der Waals surface area contributed by atoms with E-state index < -0.39 is 17.8 Å². The lowest BCUT2D eigenvalue weighted by molar-refractivity contribution is -0.122. The van der Waals surface area contributed by atoms with Crippen LogP contribution in [-0.2, 0) is 11.3 Å². The average molecular weight is 424 g/mol. The lowest BCUT2D eigenvalue weighted by atomic mass is 9.94. The largest absolute Gasteiger partial charge is 0.481 e. The molecule has 1 unspecified atom stereocenters. The molecule has 2 heterocycles. The van der Waals surface area contributed by atoms with Crippen molar-refractivity contribution in [1.29, 1.82) is 0 Å². The maximum atomic E-state index is 14.4. The Kier molecular flexibility index (Phi) is 7.77. The predicted molar refractivity (Wildman–Crippen MR) is 98.7 cm³/mol. The van der Waals surface area contributed by atoms with E-state index >= 15 is 0 Å².